The molecule has 0 saturated carbocycles. The predicted octanol–water partition coefficient (Wildman–Crippen LogP) is 7.20. The molecule has 2 aromatic carbocycles. The van der Waals surface area contributed by atoms with E-state index in [-0.39, 0.29) is 0 Å². The van der Waals surface area contributed by atoms with E-state index in [9.17, 15) is 9.90 Å². The monoisotopic (exact) mass is 485 g/mol. The Labute approximate surface area is 213 Å². The fourth-order valence-corrected chi connectivity index (χ4v) is 4.82. The van der Waals surface area contributed by atoms with Crippen LogP contribution >= 0.6 is 0 Å². The second-order valence-corrected chi connectivity index (χ2v) is 10.5. The van der Waals surface area contributed by atoms with E-state index >= 15 is 0 Å². The lowest BCUT2D eigenvalue weighted by Crippen LogP contribution is -2.28. The smallest absolute Gasteiger partial charge is 0.337 e. The summed E-state index contributed by atoms with van der Waals surface area (Å²) >= 11 is 0. The van der Waals surface area contributed by atoms with Gasteiger partial charge in [-0.15, -0.1) is 0 Å². The van der Waals surface area contributed by atoms with Crippen LogP contribution in [0.1, 0.15) is 73.6 Å². The number of nitrogens with zero attached hydrogens (tertiary/aromatic N) is 1. The maximum atomic E-state index is 12.4. The van der Waals surface area contributed by atoms with Crippen molar-refractivity contribution in [1.29, 1.82) is 0 Å². The van der Waals surface area contributed by atoms with Crippen molar-refractivity contribution in [1.82, 2.24) is 4.98 Å². The van der Waals surface area contributed by atoms with Gasteiger partial charge in [-0.2, -0.15) is 0 Å². The van der Waals surface area contributed by atoms with Crippen LogP contribution in [0.2, 0.25) is 0 Å². The topological polar surface area (TPSA) is 68.7 Å². The van der Waals surface area contributed by atoms with Gasteiger partial charge in [0.1, 0.15) is 5.76 Å². The van der Waals surface area contributed by atoms with E-state index in [4.69, 9.17) is 9.47 Å². The minimum Gasteiger partial charge on any atom is -0.493 e. The molecule has 1 aliphatic heterocycles. The van der Waals surface area contributed by atoms with E-state index in [0.29, 0.717) is 18.6 Å². The van der Waals surface area contributed by atoms with Gasteiger partial charge in [0.15, 0.2) is 6.10 Å². The van der Waals surface area contributed by atoms with Crippen LogP contribution in [0.4, 0.5) is 0 Å². The number of carboxylic acid groups (broad SMARTS) is 1. The zero-order valence-electron chi connectivity index (χ0n) is 22.0. The highest BCUT2D eigenvalue weighted by atomic mass is 16.5. The third-order valence-corrected chi connectivity index (χ3v) is 6.41. The van der Waals surface area contributed by atoms with Crippen molar-refractivity contribution in [2.75, 3.05) is 6.61 Å². The van der Waals surface area contributed by atoms with Crippen molar-refractivity contribution in [2.45, 2.75) is 66.1 Å². The van der Waals surface area contributed by atoms with Gasteiger partial charge in [0.25, 0.3) is 0 Å². The normalized spacial score (nSPS) is 16.1. The Morgan fingerprint density at radius 2 is 2.00 bits per heavy atom. The summed E-state index contributed by atoms with van der Waals surface area (Å²) in [5, 5.41) is 12.2. The third kappa shape index (κ3) is 5.52. The maximum Gasteiger partial charge on any atom is 0.337 e. The van der Waals surface area contributed by atoms with Crippen LogP contribution in [-0.2, 0) is 20.7 Å². The molecular formula is C31H35NO4. The zero-order valence-corrected chi connectivity index (χ0v) is 22.0. The van der Waals surface area contributed by atoms with Crippen molar-refractivity contribution < 1.29 is 19.4 Å². The first kappa shape index (κ1) is 25.6. The summed E-state index contributed by atoms with van der Waals surface area (Å²) in [4.78, 5) is 16.7. The second-order valence-electron chi connectivity index (χ2n) is 10.5. The molecule has 1 aliphatic rings. The molecule has 0 fully saturated rings. The van der Waals surface area contributed by atoms with Crippen LogP contribution in [0.15, 0.2) is 54.4 Å². The van der Waals surface area contributed by atoms with Gasteiger partial charge in [0.05, 0.1) is 12.2 Å². The highest BCUT2D eigenvalue weighted by Crippen LogP contribution is 2.36. The number of aromatic nitrogens is 1. The molecule has 36 heavy (non-hydrogen) atoms. The number of aliphatic carboxylic acids is 1. The Balaban J connectivity index is 1.80. The van der Waals surface area contributed by atoms with Crippen molar-refractivity contribution in [2.24, 2.45) is 0 Å². The Hall–Kier alpha value is -3.44. The number of aryl methyl sites for hydroxylation is 2. The summed E-state index contributed by atoms with van der Waals surface area (Å²) in [6.45, 7) is 12.4. The number of fused-ring (bicyclic) bond motifs is 2. The van der Waals surface area contributed by atoms with E-state index in [1.54, 1.807) is 0 Å². The van der Waals surface area contributed by atoms with Crippen LogP contribution in [0, 0.1) is 13.8 Å². The summed E-state index contributed by atoms with van der Waals surface area (Å²) in [6, 6.07) is 10.4. The molecule has 0 amide bonds. The van der Waals surface area contributed by atoms with Crippen molar-refractivity contribution in [3.05, 3.63) is 87.8 Å². The average molecular weight is 486 g/mol. The van der Waals surface area contributed by atoms with Gasteiger partial charge in [-0.3, -0.25) is 4.98 Å². The highest BCUT2D eigenvalue weighted by Gasteiger charge is 2.30. The van der Waals surface area contributed by atoms with Gasteiger partial charge in [-0.25, -0.2) is 4.79 Å². The maximum absolute atomic E-state index is 12.4. The predicted molar refractivity (Wildman–Crippen MR) is 145 cm³/mol. The van der Waals surface area contributed by atoms with Crippen LogP contribution in [0.5, 0.6) is 0 Å². The van der Waals surface area contributed by atoms with Gasteiger partial charge < -0.3 is 14.6 Å². The summed E-state index contributed by atoms with van der Waals surface area (Å²) < 4.78 is 12.1. The van der Waals surface area contributed by atoms with E-state index in [1.807, 2.05) is 46.2 Å². The zero-order chi connectivity index (χ0) is 26.0. The lowest BCUT2D eigenvalue weighted by atomic mass is 9.89. The molecule has 5 nitrogen and oxygen atoms in total. The molecule has 3 aromatic rings. The lowest BCUT2D eigenvalue weighted by molar-refractivity contribution is -0.160. The Morgan fingerprint density at radius 3 is 2.72 bits per heavy atom. The molecule has 0 saturated heterocycles. The number of pyridine rings is 1. The van der Waals surface area contributed by atoms with Crippen LogP contribution in [0.3, 0.4) is 0 Å². The first-order valence-corrected chi connectivity index (χ1v) is 12.4. The second kappa shape index (κ2) is 10.3. The minimum atomic E-state index is -1.07. The average Bonchev–Trinajstić information content (AvgIpc) is 2.81. The first-order valence-electron chi connectivity index (χ1n) is 12.4. The first-order chi connectivity index (χ1) is 17.0. The van der Waals surface area contributed by atoms with Gasteiger partial charge in [-0.1, -0.05) is 42.0 Å². The van der Waals surface area contributed by atoms with Crippen LogP contribution < -0.4 is 0 Å². The molecule has 0 bridgehead atoms. The quantitative estimate of drug-likeness (QED) is 0.400. The van der Waals surface area contributed by atoms with Gasteiger partial charge in [0.2, 0.25) is 0 Å². The highest BCUT2D eigenvalue weighted by molar-refractivity contribution is 5.95. The molecule has 1 atom stereocenters. The van der Waals surface area contributed by atoms with Gasteiger partial charge in [0, 0.05) is 29.9 Å². The Morgan fingerprint density at radius 1 is 1.22 bits per heavy atom. The SMILES string of the molecule is C/C(C/C=C/c1c(C(OC(C)(C)C)C(=O)O)c(C)cc2cc(C)ccc12)=C1/OCCc2ccncc21. The lowest BCUT2D eigenvalue weighted by Gasteiger charge is -2.28. The van der Waals surface area contributed by atoms with Crippen LogP contribution in [-0.4, -0.2) is 28.3 Å². The molecule has 1 N–H and O–H groups in total. The molecule has 0 radical (unpaired) electrons. The number of rotatable bonds is 6. The number of allylic oxidation sites excluding steroid dienone is 2. The molecule has 0 aliphatic carbocycles. The number of carboxylic acids is 1. The number of benzene rings is 2. The Kier molecular flexibility index (Phi) is 7.32. The third-order valence-electron chi connectivity index (χ3n) is 6.41. The molecule has 0 spiro atoms. The fourth-order valence-electron chi connectivity index (χ4n) is 4.82. The van der Waals surface area contributed by atoms with Crippen LogP contribution in [0.25, 0.3) is 22.6 Å². The molecule has 4 rings (SSSR count). The Bertz CT molecular complexity index is 1360. The van der Waals surface area contributed by atoms with Crippen molar-refractivity contribution in [3.8, 4) is 0 Å². The number of carbonyl (C=O) groups is 1. The van der Waals surface area contributed by atoms with E-state index in [1.165, 1.54) is 5.56 Å². The van der Waals surface area contributed by atoms with Gasteiger partial charge >= 0.3 is 5.97 Å². The van der Waals surface area contributed by atoms with Crippen molar-refractivity contribution >= 4 is 28.6 Å². The van der Waals surface area contributed by atoms with E-state index in [0.717, 1.165) is 50.8 Å². The van der Waals surface area contributed by atoms with E-state index < -0.39 is 17.7 Å². The molecule has 188 valence electrons. The van der Waals surface area contributed by atoms with E-state index in [2.05, 4.69) is 55.2 Å². The molecule has 1 aromatic heterocycles. The minimum absolute atomic E-state index is 0.612. The molecule has 5 heteroatoms. The summed E-state index contributed by atoms with van der Waals surface area (Å²) in [7, 11) is 0. The fraction of sp³-hybridized carbons (Fsp3) is 0.355. The number of hydrogen-bond donors (Lipinski definition) is 1. The number of ether oxygens (including phenoxy) is 2. The molecule has 2 heterocycles. The molecule has 1 unspecified atom stereocenters. The number of hydrogen-bond acceptors (Lipinski definition) is 4. The van der Waals surface area contributed by atoms with Gasteiger partial charge in [-0.05, 0) is 87.1 Å². The summed E-state index contributed by atoms with van der Waals surface area (Å²) in [5.41, 5.74) is 6.43. The van der Waals surface area contributed by atoms with Crippen molar-refractivity contribution in [3.63, 3.8) is 0 Å². The summed E-state index contributed by atoms with van der Waals surface area (Å²) in [6.07, 6.45) is 8.29. The molecular weight excluding hydrogens is 450 g/mol. The largest absolute Gasteiger partial charge is 0.493 e. The summed E-state index contributed by atoms with van der Waals surface area (Å²) in [5.74, 6) is -0.106. The standard InChI is InChI=1S/C31H35NO4/c1-19-10-11-24-23(16-19)17-21(3)27(29(30(33)34)36-31(4,5)6)25(24)9-7-8-20(2)28-26-18-32-14-12-22(26)13-15-35-28/h7,9-12,14,16-18,29H,8,13,15H2,1-6H3,(H,33,34)/b9-7+,28-20-.